The van der Waals surface area contributed by atoms with Crippen LogP contribution in [0.4, 0.5) is 5.69 Å². The fourth-order valence-electron chi connectivity index (χ4n) is 4.54. The zero-order valence-corrected chi connectivity index (χ0v) is 20.8. The van der Waals surface area contributed by atoms with Crippen LogP contribution < -0.4 is 5.32 Å². The molecule has 2 aromatic heterocycles. The van der Waals surface area contributed by atoms with Crippen molar-refractivity contribution < 1.29 is 14.2 Å². The fourth-order valence-corrected chi connectivity index (χ4v) is 4.54. The van der Waals surface area contributed by atoms with Gasteiger partial charge < -0.3 is 19.1 Å². The van der Waals surface area contributed by atoms with Crippen LogP contribution in [0.2, 0.25) is 0 Å². The number of nitro groups is 1. The highest BCUT2D eigenvalue weighted by Crippen LogP contribution is 2.34. The lowest BCUT2D eigenvalue weighted by molar-refractivity contribution is -0.384. The third-order valence-electron chi connectivity index (χ3n) is 6.50. The first-order valence-electron chi connectivity index (χ1n) is 12.5. The number of non-ortho nitro benzene ring substituents is 1. The molecule has 1 fully saturated rings. The van der Waals surface area contributed by atoms with Crippen LogP contribution in [-0.2, 0) is 11.3 Å². The van der Waals surface area contributed by atoms with Crippen LogP contribution in [0, 0.1) is 17.0 Å². The molecule has 3 heterocycles. The van der Waals surface area contributed by atoms with E-state index in [2.05, 4.69) is 15.4 Å². The monoisotopic (exact) mass is 502 g/mol. The predicted octanol–water partition coefficient (Wildman–Crippen LogP) is 4.22. The van der Waals surface area contributed by atoms with Crippen LogP contribution in [-0.4, -0.2) is 63.9 Å². The van der Waals surface area contributed by atoms with E-state index in [1.54, 1.807) is 12.1 Å². The van der Waals surface area contributed by atoms with Gasteiger partial charge in [-0.3, -0.25) is 15.0 Å². The predicted molar refractivity (Wildman–Crippen MR) is 139 cm³/mol. The molecule has 0 atom stereocenters. The Bertz CT molecular complexity index is 1330. The summed E-state index contributed by atoms with van der Waals surface area (Å²) in [5.41, 5.74) is 4.10. The van der Waals surface area contributed by atoms with Crippen LogP contribution in [0.5, 0.6) is 0 Å². The summed E-state index contributed by atoms with van der Waals surface area (Å²) in [6.45, 7) is 7.87. The maximum atomic E-state index is 11.2. The molecule has 5 rings (SSSR count). The lowest BCUT2D eigenvalue weighted by atomic mass is 10.0. The van der Waals surface area contributed by atoms with E-state index in [1.807, 2.05) is 48.0 Å². The largest absolute Gasteiger partial charge is 0.379 e. The summed E-state index contributed by atoms with van der Waals surface area (Å²) < 4.78 is 13.0. The summed E-state index contributed by atoms with van der Waals surface area (Å²) in [6.07, 6.45) is 2.96. The number of nitrogens with one attached hydrogen (secondary N) is 1. The van der Waals surface area contributed by atoms with Crippen molar-refractivity contribution in [2.24, 2.45) is 0 Å². The van der Waals surface area contributed by atoms with E-state index in [-0.39, 0.29) is 5.69 Å². The number of nitro benzene ring substituents is 1. The molecule has 2 aromatic carbocycles. The van der Waals surface area contributed by atoms with Gasteiger partial charge >= 0.3 is 0 Å². The van der Waals surface area contributed by atoms with Crippen molar-refractivity contribution >= 4 is 5.69 Å². The second kappa shape index (κ2) is 11.5. The van der Waals surface area contributed by atoms with Crippen molar-refractivity contribution in [3.8, 4) is 28.2 Å². The third-order valence-corrected chi connectivity index (χ3v) is 6.50. The van der Waals surface area contributed by atoms with Crippen LogP contribution in [0.3, 0.4) is 0 Å². The summed E-state index contributed by atoms with van der Waals surface area (Å²) in [6, 6.07) is 16.4. The van der Waals surface area contributed by atoms with Crippen molar-refractivity contribution in [1.82, 2.24) is 24.9 Å². The molecule has 1 N–H and O–H groups in total. The molecule has 0 aliphatic carbocycles. The zero-order chi connectivity index (χ0) is 25.6. The third kappa shape index (κ3) is 5.77. The first-order chi connectivity index (χ1) is 18.1. The Kier molecular flexibility index (Phi) is 7.69. The van der Waals surface area contributed by atoms with Crippen LogP contribution in [0.1, 0.15) is 18.0 Å². The molecule has 37 heavy (non-hydrogen) atoms. The maximum Gasteiger partial charge on any atom is 0.269 e. The van der Waals surface area contributed by atoms with E-state index in [9.17, 15) is 10.1 Å². The zero-order valence-electron chi connectivity index (χ0n) is 20.8. The molecule has 1 aliphatic rings. The molecule has 192 valence electrons. The molecule has 0 bridgehead atoms. The van der Waals surface area contributed by atoms with Gasteiger partial charge in [0.2, 0.25) is 0 Å². The summed E-state index contributed by atoms with van der Waals surface area (Å²) in [5.74, 6) is 1.48. The fraction of sp³-hybridized carbons (Fsp3) is 0.333. The minimum atomic E-state index is -0.396. The Morgan fingerprint density at radius 3 is 2.57 bits per heavy atom. The van der Waals surface area contributed by atoms with Gasteiger partial charge in [-0.25, -0.2) is 4.98 Å². The molecule has 10 nitrogen and oxygen atoms in total. The highest BCUT2D eigenvalue weighted by Gasteiger charge is 2.21. The minimum absolute atomic E-state index is 0.0492. The summed E-state index contributed by atoms with van der Waals surface area (Å²) in [7, 11) is 0. The second-order valence-corrected chi connectivity index (χ2v) is 9.00. The number of morpholine rings is 1. The Morgan fingerprint density at radius 2 is 1.84 bits per heavy atom. The van der Waals surface area contributed by atoms with E-state index in [0.717, 1.165) is 79.8 Å². The number of benzene rings is 2. The van der Waals surface area contributed by atoms with Crippen molar-refractivity contribution in [2.75, 3.05) is 39.4 Å². The van der Waals surface area contributed by atoms with Gasteiger partial charge in [-0.2, -0.15) is 0 Å². The molecule has 0 amide bonds. The van der Waals surface area contributed by atoms with Gasteiger partial charge in [0.05, 0.1) is 35.9 Å². The van der Waals surface area contributed by atoms with E-state index in [4.69, 9.17) is 14.2 Å². The molecular weight excluding hydrogens is 472 g/mol. The summed E-state index contributed by atoms with van der Waals surface area (Å²) in [5, 5.41) is 19.0. The molecule has 4 aromatic rings. The van der Waals surface area contributed by atoms with Gasteiger partial charge in [-0.1, -0.05) is 35.5 Å². The Morgan fingerprint density at radius 1 is 1.08 bits per heavy atom. The number of rotatable bonds is 10. The number of ether oxygens (including phenoxy) is 1. The van der Waals surface area contributed by atoms with E-state index < -0.39 is 4.92 Å². The Labute approximate surface area is 215 Å². The highest BCUT2D eigenvalue weighted by atomic mass is 16.6. The molecule has 0 saturated carbocycles. The molecule has 0 radical (unpaired) electrons. The maximum absolute atomic E-state index is 11.2. The smallest absolute Gasteiger partial charge is 0.269 e. The average Bonchev–Trinajstić information content (AvgIpc) is 3.53. The molecule has 0 spiro atoms. The van der Waals surface area contributed by atoms with E-state index in [1.165, 1.54) is 12.1 Å². The van der Waals surface area contributed by atoms with Gasteiger partial charge in [-0.15, -0.1) is 0 Å². The van der Waals surface area contributed by atoms with Crippen molar-refractivity contribution in [3.63, 3.8) is 0 Å². The standard InChI is InChI=1S/C27H30N6O4/c1-20-26(27(30-37-20)21-6-3-2-4-7-21)24-19-32(22-8-10-23(11-9-22)33(34)35)25(29-24)18-28-12-5-13-31-14-16-36-17-15-31/h2-4,6-11,19,28H,5,12-18H2,1H3. The van der Waals surface area contributed by atoms with Crippen molar-refractivity contribution in [3.05, 3.63) is 82.5 Å². The van der Waals surface area contributed by atoms with Gasteiger partial charge in [0.15, 0.2) is 0 Å². The number of imidazole rings is 1. The van der Waals surface area contributed by atoms with Crippen LogP contribution in [0.15, 0.2) is 65.3 Å². The average molecular weight is 503 g/mol. The second-order valence-electron chi connectivity index (χ2n) is 9.00. The molecule has 0 unspecified atom stereocenters. The van der Waals surface area contributed by atoms with Gasteiger partial charge in [0, 0.05) is 42.7 Å². The lowest BCUT2D eigenvalue weighted by Crippen LogP contribution is -2.37. The molecule has 1 saturated heterocycles. The van der Waals surface area contributed by atoms with Gasteiger partial charge in [0.1, 0.15) is 17.3 Å². The Hall–Kier alpha value is -3.86. The number of nitrogens with zero attached hydrogens (tertiary/aromatic N) is 5. The quantitative estimate of drug-likeness (QED) is 0.195. The SMILES string of the molecule is Cc1onc(-c2ccccc2)c1-c1cn(-c2ccc([N+](=O)[O-])cc2)c(CNCCCN2CCOCC2)n1. The lowest BCUT2D eigenvalue weighted by Gasteiger charge is -2.26. The van der Waals surface area contributed by atoms with E-state index >= 15 is 0 Å². The Balaban J connectivity index is 1.40. The minimum Gasteiger partial charge on any atom is -0.379 e. The number of hydrogen-bond acceptors (Lipinski definition) is 8. The number of aromatic nitrogens is 3. The van der Waals surface area contributed by atoms with Crippen molar-refractivity contribution in [1.29, 1.82) is 0 Å². The molecule has 1 aliphatic heterocycles. The summed E-state index contributed by atoms with van der Waals surface area (Å²) >= 11 is 0. The normalized spacial score (nSPS) is 14.2. The number of aryl methyl sites for hydroxylation is 1. The van der Waals surface area contributed by atoms with Gasteiger partial charge in [0.25, 0.3) is 5.69 Å². The molecular formula is C27H30N6O4. The van der Waals surface area contributed by atoms with Crippen LogP contribution >= 0.6 is 0 Å². The van der Waals surface area contributed by atoms with Crippen LogP contribution in [0.25, 0.3) is 28.2 Å². The number of hydrogen-bond donors (Lipinski definition) is 1. The summed E-state index contributed by atoms with van der Waals surface area (Å²) in [4.78, 5) is 18.1. The first kappa shape index (κ1) is 24.8. The van der Waals surface area contributed by atoms with E-state index in [0.29, 0.717) is 12.3 Å². The molecule has 10 heteroatoms. The first-order valence-corrected chi connectivity index (χ1v) is 12.5. The van der Waals surface area contributed by atoms with Gasteiger partial charge in [-0.05, 0) is 38.6 Å². The van der Waals surface area contributed by atoms with Crippen molar-refractivity contribution in [2.45, 2.75) is 19.9 Å². The topological polar surface area (TPSA) is 111 Å². The highest BCUT2D eigenvalue weighted by molar-refractivity contribution is 5.80.